The van der Waals surface area contributed by atoms with E-state index in [0.717, 1.165) is 27.3 Å². The molecule has 1 amide bonds. The monoisotopic (exact) mass is 573 g/mol. The second-order valence-corrected chi connectivity index (χ2v) is 10.9. The maximum Gasteiger partial charge on any atom is 0.341 e. The lowest BCUT2D eigenvalue weighted by Crippen LogP contribution is -2.28. The third-order valence-electron chi connectivity index (χ3n) is 6.23. The predicted molar refractivity (Wildman–Crippen MR) is 160 cm³/mol. The molecule has 10 heteroatoms. The number of rotatable bonds is 9. The summed E-state index contributed by atoms with van der Waals surface area (Å²) in [7, 11) is 0. The van der Waals surface area contributed by atoms with Crippen molar-refractivity contribution in [2.45, 2.75) is 27.3 Å². The molecule has 204 valence electrons. The standard InChI is InChI=1S/C30H27N3O5S2/c1-4-37-21-13-11-20(12-14-21)24-18(3)40-27-26(24)29(35)33(17-31-27)15-23(34)32-28-25(30(36)38-5-2)22(16-39-28)19-9-7-6-8-10-19/h6-14,16-17H,4-5,15H2,1-3H3,(H,32,34). The summed E-state index contributed by atoms with van der Waals surface area (Å²) >= 11 is 2.67. The topological polar surface area (TPSA) is 99.5 Å². The zero-order valence-corrected chi connectivity index (χ0v) is 23.9. The van der Waals surface area contributed by atoms with Crippen molar-refractivity contribution in [2.75, 3.05) is 18.5 Å². The molecule has 0 spiro atoms. The number of thiophene rings is 2. The molecular weight excluding hydrogens is 546 g/mol. The maximum absolute atomic E-state index is 13.6. The Balaban J connectivity index is 1.45. The fourth-order valence-electron chi connectivity index (χ4n) is 4.49. The van der Waals surface area contributed by atoms with Crippen LogP contribution in [0.15, 0.2) is 71.1 Å². The number of nitrogens with zero attached hydrogens (tertiary/aromatic N) is 2. The van der Waals surface area contributed by atoms with Crippen molar-refractivity contribution in [3.8, 4) is 28.0 Å². The number of hydrogen-bond donors (Lipinski definition) is 1. The molecular formula is C30H27N3O5S2. The van der Waals surface area contributed by atoms with E-state index in [-0.39, 0.29) is 18.7 Å². The van der Waals surface area contributed by atoms with Gasteiger partial charge in [-0.3, -0.25) is 14.2 Å². The number of aryl methyl sites for hydroxylation is 1. The molecule has 0 fully saturated rings. The van der Waals surface area contributed by atoms with E-state index in [1.165, 1.54) is 33.6 Å². The Labute approximate surface area is 238 Å². The average molecular weight is 574 g/mol. The average Bonchev–Trinajstić information content (AvgIpc) is 3.52. The molecule has 3 aromatic heterocycles. The van der Waals surface area contributed by atoms with Gasteiger partial charge in [-0.1, -0.05) is 42.5 Å². The van der Waals surface area contributed by atoms with Gasteiger partial charge in [0.05, 0.1) is 24.9 Å². The zero-order chi connectivity index (χ0) is 28.2. The van der Waals surface area contributed by atoms with Crippen molar-refractivity contribution < 1.29 is 19.1 Å². The molecule has 0 aliphatic rings. The summed E-state index contributed by atoms with van der Waals surface area (Å²) in [6.07, 6.45) is 1.39. The molecule has 1 N–H and O–H groups in total. The maximum atomic E-state index is 13.6. The minimum Gasteiger partial charge on any atom is -0.494 e. The van der Waals surface area contributed by atoms with E-state index in [0.29, 0.717) is 33.0 Å². The summed E-state index contributed by atoms with van der Waals surface area (Å²) in [4.78, 5) is 45.6. The lowest BCUT2D eigenvalue weighted by atomic mass is 10.0. The summed E-state index contributed by atoms with van der Waals surface area (Å²) in [5.41, 5.74) is 3.16. The summed E-state index contributed by atoms with van der Waals surface area (Å²) in [5, 5.41) is 5.46. The number of carbonyl (C=O) groups excluding carboxylic acids is 2. The van der Waals surface area contributed by atoms with Crippen molar-refractivity contribution in [1.82, 2.24) is 9.55 Å². The van der Waals surface area contributed by atoms with Crippen molar-refractivity contribution >= 4 is 49.8 Å². The molecule has 0 radical (unpaired) electrons. The molecule has 0 bridgehead atoms. The fourth-order valence-corrected chi connectivity index (χ4v) is 6.47. The van der Waals surface area contributed by atoms with E-state index in [1.54, 1.807) is 6.92 Å². The van der Waals surface area contributed by atoms with Crippen molar-refractivity contribution in [1.29, 1.82) is 0 Å². The number of nitrogens with one attached hydrogen (secondary N) is 1. The Hall–Kier alpha value is -4.28. The van der Waals surface area contributed by atoms with Gasteiger partial charge < -0.3 is 14.8 Å². The van der Waals surface area contributed by atoms with Crippen LogP contribution in [0.5, 0.6) is 5.75 Å². The summed E-state index contributed by atoms with van der Waals surface area (Å²) in [6, 6.07) is 17.0. The Kier molecular flexibility index (Phi) is 8.09. The van der Waals surface area contributed by atoms with Crippen LogP contribution in [0.2, 0.25) is 0 Å². The molecule has 5 aromatic rings. The van der Waals surface area contributed by atoms with Gasteiger partial charge in [0.25, 0.3) is 5.56 Å². The molecule has 0 saturated carbocycles. The highest BCUT2D eigenvalue weighted by Gasteiger charge is 2.23. The second kappa shape index (κ2) is 11.8. The van der Waals surface area contributed by atoms with Crippen LogP contribution in [0, 0.1) is 6.92 Å². The number of amides is 1. The normalized spacial score (nSPS) is 11.0. The number of esters is 1. The predicted octanol–water partition coefficient (Wildman–Crippen LogP) is 6.38. The number of carbonyl (C=O) groups is 2. The number of ether oxygens (including phenoxy) is 2. The largest absolute Gasteiger partial charge is 0.494 e. The second-order valence-electron chi connectivity index (χ2n) is 8.84. The van der Waals surface area contributed by atoms with Gasteiger partial charge in [0.2, 0.25) is 5.91 Å². The summed E-state index contributed by atoms with van der Waals surface area (Å²) < 4.78 is 12.1. The van der Waals surface area contributed by atoms with Gasteiger partial charge in [-0.15, -0.1) is 22.7 Å². The van der Waals surface area contributed by atoms with Gasteiger partial charge in [-0.05, 0) is 44.0 Å². The van der Waals surface area contributed by atoms with Crippen LogP contribution in [-0.2, 0) is 16.1 Å². The van der Waals surface area contributed by atoms with Crippen molar-refractivity contribution in [3.05, 3.63) is 87.1 Å². The van der Waals surface area contributed by atoms with Crippen LogP contribution in [0.1, 0.15) is 29.1 Å². The van der Waals surface area contributed by atoms with E-state index in [2.05, 4.69) is 10.3 Å². The first kappa shape index (κ1) is 27.3. The van der Waals surface area contributed by atoms with Gasteiger partial charge in [0.15, 0.2) is 0 Å². The van der Waals surface area contributed by atoms with E-state index in [9.17, 15) is 14.4 Å². The lowest BCUT2D eigenvalue weighted by Gasteiger charge is -2.10. The van der Waals surface area contributed by atoms with Crippen LogP contribution in [0.4, 0.5) is 5.00 Å². The van der Waals surface area contributed by atoms with Gasteiger partial charge in [-0.2, -0.15) is 0 Å². The van der Waals surface area contributed by atoms with Crippen LogP contribution in [-0.4, -0.2) is 34.6 Å². The highest BCUT2D eigenvalue weighted by molar-refractivity contribution is 7.19. The first-order chi connectivity index (χ1) is 19.4. The van der Waals surface area contributed by atoms with E-state index in [1.807, 2.05) is 73.8 Å². The molecule has 3 heterocycles. The Morgan fingerprint density at radius 3 is 2.45 bits per heavy atom. The van der Waals surface area contributed by atoms with Crippen molar-refractivity contribution in [2.24, 2.45) is 0 Å². The van der Waals surface area contributed by atoms with E-state index < -0.39 is 11.9 Å². The van der Waals surface area contributed by atoms with Gasteiger partial charge in [0.1, 0.15) is 27.7 Å². The molecule has 0 aliphatic heterocycles. The first-order valence-corrected chi connectivity index (χ1v) is 14.5. The molecule has 0 atom stereocenters. The van der Waals surface area contributed by atoms with Gasteiger partial charge in [-0.25, -0.2) is 9.78 Å². The minimum absolute atomic E-state index is 0.202. The van der Waals surface area contributed by atoms with E-state index in [4.69, 9.17) is 9.47 Å². The molecule has 2 aromatic carbocycles. The number of benzene rings is 2. The lowest BCUT2D eigenvalue weighted by molar-refractivity contribution is -0.116. The Morgan fingerprint density at radius 2 is 1.75 bits per heavy atom. The smallest absolute Gasteiger partial charge is 0.341 e. The number of fused-ring (bicyclic) bond motifs is 1. The molecule has 40 heavy (non-hydrogen) atoms. The highest BCUT2D eigenvalue weighted by Crippen LogP contribution is 2.37. The molecule has 8 nitrogen and oxygen atoms in total. The third-order valence-corrected chi connectivity index (χ3v) is 8.14. The fraction of sp³-hybridized carbons (Fsp3) is 0.200. The molecule has 0 saturated heterocycles. The number of hydrogen-bond acceptors (Lipinski definition) is 8. The van der Waals surface area contributed by atoms with Crippen LogP contribution >= 0.6 is 22.7 Å². The molecule has 0 aliphatic carbocycles. The zero-order valence-electron chi connectivity index (χ0n) is 22.2. The summed E-state index contributed by atoms with van der Waals surface area (Å²) in [6.45, 7) is 6.11. The minimum atomic E-state index is -0.521. The van der Waals surface area contributed by atoms with Crippen LogP contribution in [0.25, 0.3) is 32.5 Å². The highest BCUT2D eigenvalue weighted by atomic mass is 32.1. The Morgan fingerprint density at radius 1 is 1.00 bits per heavy atom. The third kappa shape index (κ3) is 5.41. The van der Waals surface area contributed by atoms with Gasteiger partial charge in [0, 0.05) is 21.4 Å². The Bertz CT molecular complexity index is 1740. The molecule has 0 unspecified atom stereocenters. The number of aromatic nitrogens is 2. The van der Waals surface area contributed by atoms with Crippen LogP contribution < -0.4 is 15.6 Å². The molecule has 5 rings (SSSR count). The van der Waals surface area contributed by atoms with Crippen molar-refractivity contribution in [3.63, 3.8) is 0 Å². The van der Waals surface area contributed by atoms with E-state index >= 15 is 0 Å². The first-order valence-electron chi connectivity index (χ1n) is 12.8. The summed E-state index contributed by atoms with van der Waals surface area (Å²) in [5.74, 6) is -0.224. The quantitative estimate of drug-likeness (QED) is 0.206. The SMILES string of the molecule is CCOC(=O)c1c(-c2ccccc2)csc1NC(=O)Cn1cnc2sc(C)c(-c3ccc(OCC)cc3)c2c1=O. The number of anilines is 1. The van der Waals surface area contributed by atoms with Gasteiger partial charge >= 0.3 is 5.97 Å². The van der Waals surface area contributed by atoms with Crippen LogP contribution in [0.3, 0.4) is 0 Å².